The van der Waals surface area contributed by atoms with E-state index in [9.17, 15) is 4.79 Å². The monoisotopic (exact) mass is 440 g/mol. The van der Waals surface area contributed by atoms with Crippen LogP contribution in [0.2, 0.25) is 5.02 Å². The lowest BCUT2D eigenvalue weighted by Crippen LogP contribution is -2.22. The third-order valence-electron chi connectivity index (χ3n) is 5.00. The molecule has 6 nitrogen and oxygen atoms in total. The van der Waals surface area contributed by atoms with Crippen molar-refractivity contribution in [1.82, 2.24) is 19.7 Å². The highest BCUT2D eigenvalue weighted by Gasteiger charge is 2.17. The second kappa shape index (κ2) is 8.24. The van der Waals surface area contributed by atoms with Crippen molar-refractivity contribution >= 4 is 34.7 Å². The molecule has 0 saturated heterocycles. The Hall–Kier alpha value is -4.03. The van der Waals surface area contributed by atoms with Gasteiger partial charge in [0.2, 0.25) is 5.89 Å². The van der Waals surface area contributed by atoms with Crippen LogP contribution in [0.5, 0.6) is 0 Å². The van der Waals surface area contributed by atoms with E-state index in [1.54, 1.807) is 48.5 Å². The van der Waals surface area contributed by atoms with E-state index < -0.39 is 0 Å². The Balaban J connectivity index is 1.65. The smallest absolute Gasteiger partial charge is 0.331 e. The Morgan fingerprint density at radius 2 is 1.66 bits per heavy atom. The first-order valence-electron chi connectivity index (χ1n) is 9.95. The first-order valence-corrected chi connectivity index (χ1v) is 10.3. The molecule has 5 rings (SSSR count). The zero-order valence-corrected chi connectivity index (χ0v) is 17.8. The van der Waals surface area contributed by atoms with Crippen LogP contribution in [0, 0.1) is 6.92 Å². The second-order valence-corrected chi connectivity index (χ2v) is 7.70. The van der Waals surface area contributed by atoms with Crippen LogP contribution >= 0.6 is 11.6 Å². The fraction of sp³-hybridized carbons (Fsp3) is 0.0400. The number of hydrogen-bond donors (Lipinski definition) is 0. The predicted octanol–water partition coefficient (Wildman–Crippen LogP) is 5.57. The molecule has 0 fully saturated rings. The predicted molar refractivity (Wildman–Crippen MR) is 126 cm³/mol. The van der Waals surface area contributed by atoms with Crippen molar-refractivity contribution < 1.29 is 4.42 Å². The summed E-state index contributed by atoms with van der Waals surface area (Å²) in [6, 6.07) is 22.3. The van der Waals surface area contributed by atoms with Crippen molar-refractivity contribution in [3.05, 3.63) is 105 Å². The number of benzene rings is 3. The summed E-state index contributed by atoms with van der Waals surface area (Å²) in [6.07, 6.45) is 3.66. The molecule has 0 atom stereocenters. The van der Waals surface area contributed by atoms with Crippen LogP contribution in [0.25, 0.3) is 40.5 Å². The van der Waals surface area contributed by atoms with Gasteiger partial charge in [-0.25, -0.2) is 9.55 Å². The van der Waals surface area contributed by atoms with Crippen LogP contribution in [-0.4, -0.2) is 19.7 Å². The number of nitrogens with zero attached hydrogens (tertiary/aromatic N) is 4. The lowest BCUT2D eigenvalue weighted by Gasteiger charge is -2.07. The van der Waals surface area contributed by atoms with Gasteiger partial charge in [0, 0.05) is 10.6 Å². The molecule has 0 saturated carbocycles. The van der Waals surface area contributed by atoms with Crippen LogP contribution in [0.3, 0.4) is 0 Å². The molecule has 0 aliphatic carbocycles. The van der Waals surface area contributed by atoms with Gasteiger partial charge >= 0.3 is 6.01 Å². The summed E-state index contributed by atoms with van der Waals surface area (Å²) < 4.78 is 7.19. The van der Waals surface area contributed by atoms with Crippen molar-refractivity contribution in [3.63, 3.8) is 0 Å². The summed E-state index contributed by atoms with van der Waals surface area (Å²) in [5.41, 5.74) is 3.16. The van der Waals surface area contributed by atoms with E-state index in [1.165, 1.54) is 10.1 Å². The largest absolute Gasteiger partial charge is 0.403 e. The third kappa shape index (κ3) is 3.84. The van der Waals surface area contributed by atoms with Gasteiger partial charge in [-0.3, -0.25) is 4.79 Å². The van der Waals surface area contributed by atoms with Crippen molar-refractivity contribution in [1.29, 1.82) is 0 Å². The molecular weight excluding hydrogens is 424 g/mol. The molecule has 5 aromatic rings. The fourth-order valence-corrected chi connectivity index (χ4v) is 3.44. The molecule has 0 aliphatic rings. The summed E-state index contributed by atoms with van der Waals surface area (Å²) in [5.74, 6) is 0.672. The molecule has 0 N–H and O–H groups in total. The van der Waals surface area contributed by atoms with Crippen LogP contribution in [0.15, 0.2) is 82.0 Å². The Morgan fingerprint density at radius 3 is 2.44 bits per heavy atom. The van der Waals surface area contributed by atoms with E-state index >= 15 is 0 Å². The van der Waals surface area contributed by atoms with E-state index in [2.05, 4.69) is 15.2 Å². The van der Waals surface area contributed by atoms with Crippen LogP contribution in [-0.2, 0) is 0 Å². The molecule has 0 radical (unpaired) electrons. The van der Waals surface area contributed by atoms with Gasteiger partial charge in [0.1, 0.15) is 5.82 Å². The van der Waals surface area contributed by atoms with Crippen molar-refractivity contribution in [2.24, 2.45) is 0 Å². The number of halogens is 1. The number of aryl methyl sites for hydroxylation is 1. The minimum Gasteiger partial charge on any atom is -0.403 e. The average Bonchev–Trinajstić information content (AvgIpc) is 3.29. The van der Waals surface area contributed by atoms with E-state index in [1.807, 2.05) is 43.3 Å². The van der Waals surface area contributed by atoms with Gasteiger partial charge in [0.05, 0.1) is 10.9 Å². The molecule has 0 spiro atoms. The Morgan fingerprint density at radius 1 is 0.906 bits per heavy atom. The maximum atomic E-state index is 13.3. The third-order valence-corrected chi connectivity index (χ3v) is 5.25. The summed E-state index contributed by atoms with van der Waals surface area (Å²) in [4.78, 5) is 18.0. The lowest BCUT2D eigenvalue weighted by atomic mass is 10.1. The minimum atomic E-state index is -0.287. The maximum absolute atomic E-state index is 13.3. The van der Waals surface area contributed by atoms with E-state index in [0.717, 1.165) is 5.56 Å². The fourth-order valence-electron chi connectivity index (χ4n) is 3.31. The molecule has 0 amide bonds. The zero-order chi connectivity index (χ0) is 22.1. The van der Waals surface area contributed by atoms with E-state index in [-0.39, 0.29) is 17.5 Å². The molecule has 0 bridgehead atoms. The van der Waals surface area contributed by atoms with Gasteiger partial charge in [-0.2, -0.15) is 0 Å². The number of rotatable bonds is 4. The zero-order valence-electron chi connectivity index (χ0n) is 17.1. The van der Waals surface area contributed by atoms with Crippen LogP contribution < -0.4 is 5.56 Å². The summed E-state index contributed by atoms with van der Waals surface area (Å²) in [7, 11) is 0. The standard InChI is InChI=1S/C25H17ClN4O2/c1-16-6-8-17(9-7-16)10-15-22-27-21-5-3-2-4-20(21)24(31)30(22)25-29-28-23(32-25)18-11-13-19(26)14-12-18/h2-15H,1H3/b15-10+. The van der Waals surface area contributed by atoms with Gasteiger partial charge in [-0.15, -0.1) is 5.10 Å². The first kappa shape index (κ1) is 19.9. The summed E-state index contributed by atoms with van der Waals surface area (Å²) in [5, 5.41) is 9.30. The molecule has 0 aliphatic heterocycles. The molecule has 156 valence electrons. The van der Waals surface area contributed by atoms with E-state index in [0.29, 0.717) is 27.3 Å². The average molecular weight is 441 g/mol. The summed E-state index contributed by atoms with van der Waals surface area (Å²) >= 11 is 5.96. The van der Waals surface area contributed by atoms with Crippen molar-refractivity contribution in [2.75, 3.05) is 0 Å². The molecule has 2 heterocycles. The topological polar surface area (TPSA) is 73.8 Å². The molecular formula is C25H17ClN4O2. The van der Waals surface area contributed by atoms with Crippen molar-refractivity contribution in [2.45, 2.75) is 6.92 Å². The number of hydrogen-bond acceptors (Lipinski definition) is 5. The molecule has 32 heavy (non-hydrogen) atoms. The lowest BCUT2D eigenvalue weighted by molar-refractivity contribution is 0.530. The molecule has 3 aromatic carbocycles. The normalized spacial score (nSPS) is 11.4. The van der Waals surface area contributed by atoms with Crippen LogP contribution in [0.4, 0.5) is 0 Å². The van der Waals surface area contributed by atoms with Crippen molar-refractivity contribution in [3.8, 4) is 17.5 Å². The van der Waals surface area contributed by atoms with E-state index in [4.69, 9.17) is 16.0 Å². The van der Waals surface area contributed by atoms with Gasteiger partial charge < -0.3 is 4.42 Å². The number of aromatic nitrogens is 4. The van der Waals surface area contributed by atoms with Gasteiger partial charge in [-0.05, 0) is 55.0 Å². The minimum absolute atomic E-state index is 0.0433. The maximum Gasteiger partial charge on any atom is 0.331 e. The molecule has 2 aromatic heterocycles. The van der Waals surface area contributed by atoms with Gasteiger partial charge in [0.25, 0.3) is 5.56 Å². The Kier molecular flexibility index (Phi) is 5.13. The highest BCUT2D eigenvalue weighted by molar-refractivity contribution is 6.30. The van der Waals surface area contributed by atoms with Gasteiger partial charge in [-0.1, -0.05) is 64.7 Å². The van der Waals surface area contributed by atoms with Gasteiger partial charge in [0.15, 0.2) is 0 Å². The summed E-state index contributed by atoms with van der Waals surface area (Å²) in [6.45, 7) is 2.03. The second-order valence-electron chi connectivity index (χ2n) is 7.27. The SMILES string of the molecule is Cc1ccc(/C=C/c2nc3ccccc3c(=O)n2-c2nnc(-c3ccc(Cl)cc3)o2)cc1. The molecule has 0 unspecified atom stereocenters. The molecule has 7 heteroatoms. The highest BCUT2D eigenvalue weighted by Crippen LogP contribution is 2.22. The number of fused-ring (bicyclic) bond motifs is 1. The van der Waals surface area contributed by atoms with Crippen LogP contribution in [0.1, 0.15) is 17.0 Å². The highest BCUT2D eigenvalue weighted by atomic mass is 35.5. The Bertz CT molecular complexity index is 1500. The number of para-hydroxylation sites is 1. The quantitative estimate of drug-likeness (QED) is 0.365. The Labute approximate surface area is 188 Å². The first-order chi connectivity index (χ1) is 15.6.